The average Bonchev–Trinajstić information content (AvgIpc) is 3.27. The molecule has 182 valence electrons. The van der Waals surface area contributed by atoms with Crippen molar-refractivity contribution in [3.05, 3.63) is 70.5 Å². The third kappa shape index (κ3) is 4.24. The Hall–Kier alpha value is -3.81. The zero-order valence-corrected chi connectivity index (χ0v) is 20.3. The van der Waals surface area contributed by atoms with Crippen LogP contribution in [0.5, 0.6) is 11.5 Å². The second kappa shape index (κ2) is 9.44. The van der Waals surface area contributed by atoms with E-state index in [0.717, 1.165) is 36.6 Å². The number of methoxy groups -OCH3 is 2. The highest BCUT2D eigenvalue weighted by atomic mass is 16.5. The molecular weight excluding hydrogens is 444 g/mol. The molecule has 1 saturated carbocycles. The molecule has 35 heavy (non-hydrogen) atoms. The van der Waals surface area contributed by atoms with Crippen LogP contribution in [0.15, 0.2) is 53.7 Å². The lowest BCUT2D eigenvalue weighted by Crippen LogP contribution is -2.40. The summed E-state index contributed by atoms with van der Waals surface area (Å²) in [6, 6.07) is 9.23. The SMILES string of the molecule is COc1ccc(OC)c2c1cc1c(=O)n(Cc3cccnc3)c(C(=O)NC3CCC(C)CC3)cn12. The number of fused-ring (bicyclic) bond motifs is 3. The van der Waals surface area contributed by atoms with Gasteiger partial charge < -0.3 is 19.2 Å². The van der Waals surface area contributed by atoms with Crippen LogP contribution in [0.1, 0.15) is 48.7 Å². The number of amides is 1. The van der Waals surface area contributed by atoms with Gasteiger partial charge in [-0.15, -0.1) is 0 Å². The number of rotatable bonds is 6. The Morgan fingerprint density at radius 1 is 1.11 bits per heavy atom. The Morgan fingerprint density at radius 2 is 1.86 bits per heavy atom. The van der Waals surface area contributed by atoms with Crippen LogP contribution in [0.25, 0.3) is 16.4 Å². The first-order valence-corrected chi connectivity index (χ1v) is 12.0. The molecule has 8 nitrogen and oxygen atoms in total. The molecule has 0 radical (unpaired) electrons. The fraction of sp³-hybridized carbons (Fsp3) is 0.370. The Morgan fingerprint density at radius 3 is 2.54 bits per heavy atom. The Kier molecular flexibility index (Phi) is 6.19. The van der Waals surface area contributed by atoms with Gasteiger partial charge in [-0.2, -0.15) is 0 Å². The second-order valence-electron chi connectivity index (χ2n) is 9.33. The predicted octanol–water partition coefficient (Wildman–Crippen LogP) is 4.02. The summed E-state index contributed by atoms with van der Waals surface area (Å²) in [5.41, 5.74) is 2.00. The first-order chi connectivity index (χ1) is 17.0. The second-order valence-corrected chi connectivity index (χ2v) is 9.33. The molecule has 0 aliphatic heterocycles. The zero-order chi connectivity index (χ0) is 24.5. The molecule has 0 bridgehead atoms. The summed E-state index contributed by atoms with van der Waals surface area (Å²) in [6.07, 6.45) is 9.20. The molecule has 1 N–H and O–H groups in total. The van der Waals surface area contributed by atoms with Crippen LogP contribution in [-0.4, -0.2) is 40.1 Å². The van der Waals surface area contributed by atoms with Gasteiger partial charge >= 0.3 is 0 Å². The minimum atomic E-state index is -0.265. The van der Waals surface area contributed by atoms with E-state index in [0.29, 0.717) is 34.1 Å². The van der Waals surface area contributed by atoms with E-state index in [1.54, 1.807) is 49.3 Å². The smallest absolute Gasteiger partial charge is 0.275 e. The number of hydrogen-bond acceptors (Lipinski definition) is 5. The third-order valence-electron chi connectivity index (χ3n) is 7.02. The number of hydrogen-bond donors (Lipinski definition) is 1. The number of carbonyl (C=O) groups excluding carboxylic acids is 1. The Balaban J connectivity index is 1.69. The first kappa shape index (κ1) is 23.0. The van der Waals surface area contributed by atoms with Crippen LogP contribution in [0.2, 0.25) is 0 Å². The van der Waals surface area contributed by atoms with Gasteiger partial charge in [-0.1, -0.05) is 13.0 Å². The summed E-state index contributed by atoms with van der Waals surface area (Å²) in [5, 5.41) is 3.93. The van der Waals surface area contributed by atoms with Gasteiger partial charge in [0.1, 0.15) is 22.7 Å². The van der Waals surface area contributed by atoms with E-state index in [2.05, 4.69) is 17.2 Å². The van der Waals surface area contributed by atoms with Crippen LogP contribution in [-0.2, 0) is 6.54 Å². The molecule has 1 fully saturated rings. The Bertz CT molecular complexity index is 1430. The minimum absolute atomic E-state index is 0.104. The van der Waals surface area contributed by atoms with Crippen molar-refractivity contribution in [1.29, 1.82) is 0 Å². The van der Waals surface area contributed by atoms with Crippen LogP contribution < -0.4 is 20.3 Å². The van der Waals surface area contributed by atoms with Crippen LogP contribution in [0, 0.1) is 5.92 Å². The zero-order valence-electron chi connectivity index (χ0n) is 20.3. The highest BCUT2D eigenvalue weighted by Gasteiger charge is 2.24. The van der Waals surface area contributed by atoms with E-state index in [1.807, 2.05) is 18.2 Å². The van der Waals surface area contributed by atoms with Crippen molar-refractivity contribution >= 4 is 22.3 Å². The number of carbonyl (C=O) groups is 1. The van der Waals surface area contributed by atoms with E-state index in [-0.39, 0.29) is 24.1 Å². The van der Waals surface area contributed by atoms with Crippen molar-refractivity contribution in [3.8, 4) is 11.5 Å². The number of ether oxygens (including phenoxy) is 2. The van der Waals surface area contributed by atoms with Crippen molar-refractivity contribution in [3.63, 3.8) is 0 Å². The highest BCUT2D eigenvalue weighted by Crippen LogP contribution is 2.35. The molecule has 3 aromatic heterocycles. The molecular formula is C27H30N4O4. The van der Waals surface area contributed by atoms with Crippen LogP contribution in [0.4, 0.5) is 0 Å². The van der Waals surface area contributed by atoms with E-state index in [1.165, 1.54) is 4.57 Å². The number of nitrogens with zero attached hydrogens (tertiary/aromatic N) is 3. The summed E-state index contributed by atoms with van der Waals surface area (Å²) in [4.78, 5) is 31.6. The third-order valence-corrected chi connectivity index (χ3v) is 7.02. The number of aromatic nitrogens is 3. The fourth-order valence-corrected chi connectivity index (χ4v) is 5.04. The highest BCUT2D eigenvalue weighted by molar-refractivity contribution is 5.98. The fourth-order valence-electron chi connectivity index (χ4n) is 5.04. The maximum Gasteiger partial charge on any atom is 0.275 e. The molecule has 0 saturated heterocycles. The Labute approximate surface area is 203 Å². The summed E-state index contributed by atoms with van der Waals surface area (Å²) in [5.74, 6) is 1.65. The van der Waals surface area contributed by atoms with Gasteiger partial charge in [-0.25, -0.2) is 0 Å². The minimum Gasteiger partial charge on any atom is -0.496 e. The molecule has 1 aliphatic rings. The van der Waals surface area contributed by atoms with Gasteiger partial charge in [0, 0.05) is 30.0 Å². The van der Waals surface area contributed by atoms with Gasteiger partial charge in [0.15, 0.2) is 0 Å². The van der Waals surface area contributed by atoms with Crippen LogP contribution >= 0.6 is 0 Å². The number of pyridine rings is 1. The quantitative estimate of drug-likeness (QED) is 0.456. The molecule has 3 heterocycles. The van der Waals surface area contributed by atoms with Crippen molar-refractivity contribution < 1.29 is 14.3 Å². The topological polar surface area (TPSA) is 86.9 Å². The summed E-state index contributed by atoms with van der Waals surface area (Å²) >= 11 is 0. The van der Waals surface area contributed by atoms with E-state index < -0.39 is 0 Å². The maximum atomic E-state index is 13.8. The van der Waals surface area contributed by atoms with Gasteiger partial charge in [0.05, 0.1) is 26.3 Å². The van der Waals surface area contributed by atoms with Crippen molar-refractivity contribution in [2.24, 2.45) is 5.92 Å². The number of nitrogens with one attached hydrogen (secondary N) is 1. The molecule has 4 aromatic rings. The lowest BCUT2D eigenvalue weighted by molar-refractivity contribution is 0.0912. The molecule has 5 rings (SSSR count). The largest absolute Gasteiger partial charge is 0.496 e. The lowest BCUT2D eigenvalue weighted by atomic mass is 9.87. The summed E-state index contributed by atoms with van der Waals surface area (Å²) in [7, 11) is 3.18. The van der Waals surface area contributed by atoms with Gasteiger partial charge in [0.25, 0.3) is 11.5 Å². The van der Waals surface area contributed by atoms with Crippen molar-refractivity contribution in [2.45, 2.75) is 45.2 Å². The van der Waals surface area contributed by atoms with Crippen molar-refractivity contribution in [1.82, 2.24) is 19.3 Å². The normalized spacial score (nSPS) is 18.0. The predicted molar refractivity (Wildman–Crippen MR) is 134 cm³/mol. The molecule has 0 unspecified atom stereocenters. The van der Waals surface area contributed by atoms with Crippen LogP contribution in [0.3, 0.4) is 0 Å². The monoisotopic (exact) mass is 474 g/mol. The maximum absolute atomic E-state index is 13.8. The van der Waals surface area contributed by atoms with Gasteiger partial charge in [-0.05, 0) is 61.4 Å². The first-order valence-electron chi connectivity index (χ1n) is 12.0. The van der Waals surface area contributed by atoms with Gasteiger partial charge in [-0.3, -0.25) is 19.1 Å². The molecule has 1 amide bonds. The summed E-state index contributed by atoms with van der Waals surface area (Å²) < 4.78 is 14.4. The molecule has 0 atom stereocenters. The molecule has 8 heteroatoms. The van der Waals surface area contributed by atoms with E-state index >= 15 is 0 Å². The molecule has 1 aliphatic carbocycles. The number of benzene rings is 1. The average molecular weight is 475 g/mol. The lowest BCUT2D eigenvalue weighted by Gasteiger charge is -2.27. The molecule has 1 aromatic carbocycles. The summed E-state index contributed by atoms with van der Waals surface area (Å²) in [6.45, 7) is 2.49. The van der Waals surface area contributed by atoms with Crippen molar-refractivity contribution in [2.75, 3.05) is 14.2 Å². The standard InChI is InChI=1S/C27H30N4O4/c1-17-6-8-19(9-7-17)29-26(32)22-16-30-21(27(33)31(22)15-18-5-4-12-28-14-18)13-20-23(34-2)10-11-24(35-3)25(20)30/h4-5,10-14,16-17,19H,6-9,15H2,1-3H3,(H,29,32). The van der Waals surface area contributed by atoms with Gasteiger partial charge in [0.2, 0.25) is 0 Å². The molecule has 0 spiro atoms. The van der Waals surface area contributed by atoms with E-state index in [4.69, 9.17) is 9.47 Å². The van der Waals surface area contributed by atoms with E-state index in [9.17, 15) is 9.59 Å².